The summed E-state index contributed by atoms with van der Waals surface area (Å²) in [4.78, 5) is 0. The lowest BCUT2D eigenvalue weighted by Crippen LogP contribution is -1.88. The summed E-state index contributed by atoms with van der Waals surface area (Å²) < 4.78 is 0. The van der Waals surface area contributed by atoms with Gasteiger partial charge in [0, 0.05) is 0 Å². The van der Waals surface area contributed by atoms with E-state index in [-0.39, 0.29) is 0 Å². The van der Waals surface area contributed by atoms with E-state index < -0.39 is 0 Å². The molecule has 3 heteroatoms. The van der Waals surface area contributed by atoms with Gasteiger partial charge in [-0.15, -0.1) is 10.5 Å². The fraction of sp³-hybridized carbons (Fsp3) is 0.333. The molecule has 61 valence electrons. The van der Waals surface area contributed by atoms with Crippen molar-refractivity contribution in [2.75, 3.05) is 0 Å². The summed E-state index contributed by atoms with van der Waals surface area (Å²) in [5.41, 5.74) is 8.30. The molecule has 0 saturated heterocycles. The van der Waals surface area contributed by atoms with E-state index >= 15 is 0 Å². The highest BCUT2D eigenvalue weighted by molar-refractivity contribution is 5.68. The Bertz CT molecular complexity index is 342. The van der Waals surface area contributed by atoms with Crippen molar-refractivity contribution in [3.05, 3.63) is 23.3 Å². The van der Waals surface area contributed by atoms with Crippen LogP contribution >= 0.6 is 0 Å². The molecule has 0 saturated carbocycles. The van der Waals surface area contributed by atoms with E-state index in [4.69, 9.17) is 0 Å². The zero-order valence-electron chi connectivity index (χ0n) is 7.20. The van der Waals surface area contributed by atoms with Crippen molar-refractivity contribution < 1.29 is 0 Å². The van der Waals surface area contributed by atoms with Gasteiger partial charge >= 0.3 is 0 Å². The number of hydrogen-bond donors (Lipinski definition) is 0. The molecule has 0 aliphatic carbocycles. The highest BCUT2D eigenvalue weighted by atomic mass is 15.5. The van der Waals surface area contributed by atoms with E-state index in [0.29, 0.717) is 0 Å². The number of hydrogen-bond acceptors (Lipinski definition) is 2. The predicted octanol–water partition coefficient (Wildman–Crippen LogP) is 2.81. The van der Waals surface area contributed by atoms with Gasteiger partial charge in [-0.25, -0.2) is 0 Å². The minimum absolute atomic E-state index is 0.900. The van der Waals surface area contributed by atoms with E-state index in [1.165, 1.54) is 11.1 Å². The molecule has 0 fully saturated rings. The molecule has 1 heterocycles. The molecule has 0 N–H and O–H groups in total. The summed E-state index contributed by atoms with van der Waals surface area (Å²) in [6.45, 7) is 4.21. The predicted molar refractivity (Wildman–Crippen MR) is 46.9 cm³/mol. The second-order valence-electron chi connectivity index (χ2n) is 2.87. The Morgan fingerprint density at radius 3 is 2.92 bits per heavy atom. The second-order valence-corrected chi connectivity index (χ2v) is 2.87. The van der Waals surface area contributed by atoms with Crippen LogP contribution in [0.15, 0.2) is 22.5 Å². The minimum atomic E-state index is 0.900. The first-order valence-electron chi connectivity index (χ1n) is 4.07. The first-order valence-corrected chi connectivity index (χ1v) is 4.07. The number of nitrogens with zero attached hydrogens (tertiary/aromatic N) is 3. The van der Waals surface area contributed by atoms with Gasteiger partial charge in [-0.05, 0) is 35.8 Å². The van der Waals surface area contributed by atoms with Crippen LogP contribution in [0.2, 0.25) is 0 Å². The summed E-state index contributed by atoms with van der Waals surface area (Å²) in [5.74, 6) is 0. The average molecular weight is 160 g/mol. The molecule has 3 nitrogen and oxygen atoms in total. The maximum Gasteiger partial charge on any atom is 0.118 e. The Balaban J connectivity index is 2.64. The lowest BCUT2D eigenvalue weighted by molar-refractivity contribution is 0.923. The molecule has 12 heavy (non-hydrogen) atoms. The van der Waals surface area contributed by atoms with Gasteiger partial charge in [0.1, 0.15) is 11.4 Å². The summed E-state index contributed by atoms with van der Waals surface area (Å²) in [5, 5.41) is 7.64. The number of benzene rings is 1. The Morgan fingerprint density at radius 1 is 1.33 bits per heavy atom. The number of rotatable bonds is 1. The molecule has 1 aromatic carbocycles. The van der Waals surface area contributed by atoms with Gasteiger partial charge in [0.15, 0.2) is 0 Å². The van der Waals surface area contributed by atoms with Crippen LogP contribution in [0.1, 0.15) is 18.1 Å². The average Bonchev–Trinajstić information content (AvgIpc) is 2.52. The first-order chi connectivity index (χ1) is 5.83. The maximum atomic E-state index is 3.99. The van der Waals surface area contributed by atoms with E-state index in [2.05, 4.69) is 35.7 Å². The Labute approximate surface area is 71.5 Å². The van der Waals surface area contributed by atoms with Crippen molar-refractivity contribution in [3.8, 4) is 0 Å². The number of aryl methyl sites for hydroxylation is 1. The monoisotopic (exact) mass is 160 g/mol. The Kier molecular flexibility index (Phi) is 1.57. The molecule has 0 bridgehead atoms. The van der Waals surface area contributed by atoms with Gasteiger partial charge in [-0.3, -0.25) is 0 Å². The molecule has 2 rings (SSSR count). The van der Waals surface area contributed by atoms with Crippen molar-refractivity contribution in [1.82, 2.24) is 5.43 Å². The van der Waals surface area contributed by atoms with Crippen LogP contribution in [0.25, 0.3) is 0 Å². The Morgan fingerprint density at radius 2 is 2.17 bits per heavy atom. The van der Waals surface area contributed by atoms with E-state index in [1.807, 2.05) is 6.07 Å². The third-order valence-electron chi connectivity index (χ3n) is 2.15. The lowest BCUT2D eigenvalue weighted by Gasteiger charge is -2.04. The minimum Gasteiger partial charge on any atom is -0.128 e. The molecule has 1 aromatic rings. The number of fused-ring (bicyclic) bond motifs is 1. The molecule has 0 aromatic heterocycles. The second kappa shape index (κ2) is 2.59. The van der Waals surface area contributed by atoms with Crippen molar-refractivity contribution in [2.45, 2.75) is 20.3 Å². The van der Waals surface area contributed by atoms with Gasteiger partial charge in [0.05, 0.1) is 0 Å². The van der Waals surface area contributed by atoms with Gasteiger partial charge < -0.3 is 0 Å². The topological polar surface area (TPSA) is 38.8 Å². The third-order valence-corrected chi connectivity index (χ3v) is 2.15. The van der Waals surface area contributed by atoms with Crippen LogP contribution in [-0.4, -0.2) is 0 Å². The van der Waals surface area contributed by atoms with Crippen LogP contribution in [0, 0.1) is 6.92 Å². The first kappa shape index (κ1) is 7.28. The van der Waals surface area contributed by atoms with Crippen molar-refractivity contribution in [2.24, 2.45) is 10.3 Å². The largest absolute Gasteiger partial charge is 0.128 e. The van der Waals surface area contributed by atoms with Crippen LogP contribution in [0.3, 0.4) is 0 Å². The van der Waals surface area contributed by atoms with Gasteiger partial charge in [0.25, 0.3) is 0 Å². The standard InChI is InChI=1S/C9H10N3/c1-3-7-6(2)4-5-8-9(7)11-12-10-8/h4-5H,3H2,1-2H3. The van der Waals surface area contributed by atoms with Crippen molar-refractivity contribution in [1.29, 1.82) is 0 Å². The SMILES string of the molecule is CCc1c(C)ccc2c1N=N[N]2. The van der Waals surface area contributed by atoms with E-state index in [9.17, 15) is 0 Å². The van der Waals surface area contributed by atoms with E-state index in [1.54, 1.807) is 0 Å². The molecule has 1 aliphatic rings. The highest BCUT2D eigenvalue weighted by Crippen LogP contribution is 2.36. The molecule has 0 atom stereocenters. The highest BCUT2D eigenvalue weighted by Gasteiger charge is 2.14. The smallest absolute Gasteiger partial charge is 0.118 e. The third kappa shape index (κ3) is 0.897. The van der Waals surface area contributed by atoms with Gasteiger partial charge in [0.2, 0.25) is 0 Å². The molecule has 0 amide bonds. The summed E-state index contributed by atoms with van der Waals surface area (Å²) >= 11 is 0. The van der Waals surface area contributed by atoms with Crippen LogP contribution in [0.5, 0.6) is 0 Å². The summed E-state index contributed by atoms with van der Waals surface area (Å²) in [6.07, 6.45) is 0.990. The van der Waals surface area contributed by atoms with Crippen LogP contribution in [-0.2, 0) is 6.42 Å². The van der Waals surface area contributed by atoms with E-state index in [0.717, 1.165) is 17.8 Å². The summed E-state index contributed by atoms with van der Waals surface area (Å²) in [6, 6.07) is 4.03. The zero-order valence-corrected chi connectivity index (χ0v) is 7.20. The van der Waals surface area contributed by atoms with Crippen molar-refractivity contribution >= 4 is 11.4 Å². The molecular formula is C9H10N3. The molecule has 0 spiro atoms. The van der Waals surface area contributed by atoms with Gasteiger partial charge in [-0.2, -0.15) is 0 Å². The normalized spacial score (nSPS) is 12.8. The quantitative estimate of drug-likeness (QED) is 0.606. The Hall–Kier alpha value is -1.38. The molecular weight excluding hydrogens is 150 g/mol. The fourth-order valence-electron chi connectivity index (χ4n) is 1.48. The fourth-order valence-corrected chi connectivity index (χ4v) is 1.48. The van der Waals surface area contributed by atoms with Gasteiger partial charge in [-0.1, -0.05) is 13.0 Å². The van der Waals surface area contributed by atoms with Crippen LogP contribution < -0.4 is 5.43 Å². The zero-order chi connectivity index (χ0) is 8.55. The lowest BCUT2D eigenvalue weighted by atomic mass is 10.0. The summed E-state index contributed by atoms with van der Waals surface area (Å²) in [7, 11) is 0. The maximum absolute atomic E-state index is 3.99. The van der Waals surface area contributed by atoms with Crippen molar-refractivity contribution in [3.63, 3.8) is 0 Å². The van der Waals surface area contributed by atoms with Crippen LogP contribution in [0.4, 0.5) is 11.4 Å². The molecule has 0 unspecified atom stereocenters. The molecule has 1 radical (unpaired) electrons. The molecule has 1 aliphatic heterocycles.